The first-order valence-corrected chi connectivity index (χ1v) is 11.6. The van der Waals surface area contributed by atoms with Gasteiger partial charge in [0.15, 0.2) is 9.84 Å². The van der Waals surface area contributed by atoms with Crippen LogP contribution in [-0.2, 0) is 14.6 Å². The first-order chi connectivity index (χ1) is 14.3. The van der Waals surface area contributed by atoms with Crippen LogP contribution >= 0.6 is 0 Å². The first kappa shape index (κ1) is 21.0. The summed E-state index contributed by atoms with van der Waals surface area (Å²) in [5.41, 5.74) is 7.86. The second-order valence-electron chi connectivity index (χ2n) is 7.73. The van der Waals surface area contributed by atoms with Gasteiger partial charge in [0.05, 0.1) is 23.4 Å². The minimum absolute atomic E-state index is 0.167. The highest BCUT2D eigenvalue weighted by molar-refractivity contribution is 7.92. The van der Waals surface area contributed by atoms with Gasteiger partial charge >= 0.3 is 0 Å². The molecule has 3 N–H and O–H groups in total. The van der Waals surface area contributed by atoms with Crippen molar-refractivity contribution in [3.63, 3.8) is 0 Å². The van der Waals surface area contributed by atoms with E-state index in [1.165, 1.54) is 0 Å². The van der Waals surface area contributed by atoms with E-state index in [4.69, 9.17) is 10.5 Å². The predicted octanol–water partition coefficient (Wildman–Crippen LogP) is 0.749. The van der Waals surface area contributed by atoms with Gasteiger partial charge in [-0.05, 0) is 37.1 Å². The summed E-state index contributed by atoms with van der Waals surface area (Å²) in [4.78, 5) is 12.3. The Labute approximate surface area is 176 Å². The quantitative estimate of drug-likeness (QED) is 0.703. The fraction of sp³-hybridized carbons (Fsp3) is 0.500. The molecule has 0 aliphatic carbocycles. The number of anilines is 2. The van der Waals surface area contributed by atoms with Crippen molar-refractivity contribution in [3.8, 4) is 11.1 Å². The Morgan fingerprint density at radius 1 is 1.13 bits per heavy atom. The monoisotopic (exact) mass is 433 g/mol. The molecule has 30 heavy (non-hydrogen) atoms. The molecule has 3 heterocycles. The second kappa shape index (κ2) is 8.46. The Morgan fingerprint density at radius 3 is 2.47 bits per heavy atom. The van der Waals surface area contributed by atoms with Crippen LogP contribution in [0.2, 0.25) is 0 Å². The van der Waals surface area contributed by atoms with Gasteiger partial charge in [-0.3, -0.25) is 4.90 Å². The van der Waals surface area contributed by atoms with E-state index in [2.05, 4.69) is 14.9 Å². The summed E-state index contributed by atoms with van der Waals surface area (Å²) in [5.74, 6) is 0.167. The molecule has 2 saturated heterocycles. The molecule has 0 bridgehead atoms. The lowest BCUT2D eigenvalue weighted by molar-refractivity contribution is 0.0370. The summed E-state index contributed by atoms with van der Waals surface area (Å²) in [7, 11) is -3.58. The van der Waals surface area contributed by atoms with E-state index >= 15 is 0 Å². The summed E-state index contributed by atoms with van der Waals surface area (Å²) in [6.45, 7) is 5.13. The Kier molecular flexibility index (Phi) is 5.92. The number of hydrogen-bond acceptors (Lipinski definition) is 9. The molecule has 2 aliphatic rings. The normalized spacial score (nSPS) is 21.7. The van der Waals surface area contributed by atoms with Crippen LogP contribution < -0.4 is 10.6 Å². The van der Waals surface area contributed by atoms with Crippen molar-refractivity contribution in [1.29, 1.82) is 0 Å². The zero-order valence-electron chi connectivity index (χ0n) is 16.9. The van der Waals surface area contributed by atoms with Gasteiger partial charge in [0.2, 0.25) is 5.95 Å². The molecule has 2 atom stereocenters. The van der Waals surface area contributed by atoms with Crippen LogP contribution in [0.1, 0.15) is 13.3 Å². The number of likely N-dealkylation sites (tertiary alicyclic amines) is 1. The molecule has 0 amide bonds. The molecule has 1 aromatic carbocycles. The number of ether oxygens (including phenoxy) is 1. The zero-order valence-corrected chi connectivity index (χ0v) is 17.8. The van der Waals surface area contributed by atoms with Crippen LogP contribution in [0.4, 0.5) is 11.6 Å². The molecule has 0 radical (unpaired) electrons. The van der Waals surface area contributed by atoms with Crippen molar-refractivity contribution >= 4 is 21.5 Å². The van der Waals surface area contributed by atoms with Crippen LogP contribution in [0.15, 0.2) is 35.5 Å². The predicted molar refractivity (Wildman–Crippen MR) is 114 cm³/mol. The van der Waals surface area contributed by atoms with Crippen LogP contribution in [0.3, 0.4) is 0 Å². The fourth-order valence-electron chi connectivity index (χ4n) is 3.94. The van der Waals surface area contributed by atoms with Gasteiger partial charge in [0.25, 0.3) is 0 Å². The van der Waals surface area contributed by atoms with Crippen molar-refractivity contribution in [2.24, 2.45) is 0 Å². The molecule has 2 fully saturated rings. The number of aliphatic hydroxyl groups excluding tert-OH is 1. The summed E-state index contributed by atoms with van der Waals surface area (Å²) < 4.78 is 32.4. The molecule has 9 nitrogen and oxygen atoms in total. The standard InChI is InChI=1S/C20H27N5O4S/c1-14(26)25-3-2-18(13-25)30(27,28)19-9-15(16-11-22-20(21)23-12-16)8-17(10-19)24-4-6-29-7-5-24/h8-12,14,18,26H,2-7,13H2,1H3,(H2,21,22,23). The smallest absolute Gasteiger partial charge is 0.219 e. The second-order valence-corrected chi connectivity index (χ2v) is 9.96. The van der Waals surface area contributed by atoms with E-state index in [1.807, 2.05) is 6.07 Å². The van der Waals surface area contributed by atoms with Crippen LogP contribution in [0, 0.1) is 0 Å². The third-order valence-electron chi connectivity index (χ3n) is 5.74. The van der Waals surface area contributed by atoms with E-state index in [0.717, 1.165) is 11.3 Å². The molecule has 2 unspecified atom stereocenters. The van der Waals surface area contributed by atoms with Gasteiger partial charge < -0.3 is 20.5 Å². The van der Waals surface area contributed by atoms with E-state index < -0.39 is 21.3 Å². The van der Waals surface area contributed by atoms with Gasteiger partial charge in [-0.1, -0.05) is 0 Å². The Morgan fingerprint density at radius 2 is 1.83 bits per heavy atom. The van der Waals surface area contributed by atoms with E-state index in [9.17, 15) is 13.5 Å². The van der Waals surface area contributed by atoms with Crippen molar-refractivity contribution in [2.45, 2.75) is 29.7 Å². The number of hydrogen-bond donors (Lipinski definition) is 2. The van der Waals surface area contributed by atoms with E-state index in [1.54, 1.807) is 36.4 Å². The summed E-state index contributed by atoms with van der Waals surface area (Å²) >= 11 is 0. The molecule has 4 rings (SSSR count). The lowest BCUT2D eigenvalue weighted by Crippen LogP contribution is -2.36. The molecule has 2 aliphatic heterocycles. The number of sulfone groups is 1. The summed E-state index contributed by atoms with van der Waals surface area (Å²) in [5, 5.41) is 9.27. The van der Waals surface area contributed by atoms with E-state index in [0.29, 0.717) is 51.4 Å². The maximum Gasteiger partial charge on any atom is 0.219 e. The Bertz CT molecular complexity index is 991. The Hall–Kier alpha value is -2.27. The number of benzene rings is 1. The van der Waals surface area contributed by atoms with Gasteiger partial charge in [0, 0.05) is 49.8 Å². The molecule has 0 spiro atoms. The maximum atomic E-state index is 13.5. The average molecular weight is 434 g/mol. The van der Waals surface area contributed by atoms with E-state index in [-0.39, 0.29) is 10.8 Å². The molecular weight excluding hydrogens is 406 g/mol. The molecule has 0 saturated carbocycles. The van der Waals surface area contributed by atoms with Crippen LogP contribution in [0.25, 0.3) is 11.1 Å². The highest BCUT2D eigenvalue weighted by atomic mass is 32.2. The van der Waals surface area contributed by atoms with Crippen molar-refractivity contribution in [3.05, 3.63) is 30.6 Å². The molecular formula is C20H27N5O4S. The fourth-order valence-corrected chi connectivity index (χ4v) is 5.71. The van der Waals surface area contributed by atoms with Gasteiger partial charge in [-0.2, -0.15) is 0 Å². The highest BCUT2D eigenvalue weighted by Crippen LogP contribution is 2.32. The number of nitrogens with two attached hydrogens (primary N) is 1. The lowest BCUT2D eigenvalue weighted by atomic mass is 10.1. The number of aromatic nitrogens is 2. The van der Waals surface area contributed by atoms with Crippen LogP contribution in [0.5, 0.6) is 0 Å². The van der Waals surface area contributed by atoms with Gasteiger partial charge in [-0.15, -0.1) is 0 Å². The third-order valence-corrected chi connectivity index (χ3v) is 7.90. The number of morpholine rings is 1. The van der Waals surface area contributed by atoms with Crippen molar-refractivity contribution < 1.29 is 18.3 Å². The largest absolute Gasteiger partial charge is 0.379 e. The topological polar surface area (TPSA) is 122 Å². The van der Waals surface area contributed by atoms with Crippen molar-refractivity contribution in [2.75, 3.05) is 50.0 Å². The molecule has 2 aromatic rings. The lowest BCUT2D eigenvalue weighted by Gasteiger charge is -2.30. The number of nitrogen functional groups attached to an aromatic ring is 1. The van der Waals surface area contributed by atoms with Gasteiger partial charge in [-0.25, -0.2) is 18.4 Å². The minimum Gasteiger partial charge on any atom is -0.379 e. The number of aliphatic hydroxyl groups is 1. The first-order valence-electron chi connectivity index (χ1n) is 10.1. The minimum atomic E-state index is -3.58. The zero-order chi connectivity index (χ0) is 21.3. The number of rotatable bonds is 5. The van der Waals surface area contributed by atoms with Crippen LogP contribution in [-0.4, -0.2) is 79.3 Å². The molecule has 1 aromatic heterocycles. The summed E-state index contributed by atoms with van der Waals surface area (Å²) in [6.07, 6.45) is 3.03. The SMILES string of the molecule is CC(O)N1CCC(S(=O)(=O)c2cc(-c3cnc(N)nc3)cc(N3CCOCC3)c2)C1. The highest BCUT2D eigenvalue weighted by Gasteiger charge is 2.36. The molecule has 162 valence electrons. The van der Waals surface area contributed by atoms with Gasteiger partial charge in [0.1, 0.15) is 6.23 Å². The van der Waals surface area contributed by atoms with Crippen molar-refractivity contribution in [1.82, 2.24) is 14.9 Å². The molecule has 10 heteroatoms. The average Bonchev–Trinajstić information content (AvgIpc) is 3.26. The Balaban J connectivity index is 1.74. The number of nitrogens with zero attached hydrogens (tertiary/aromatic N) is 4. The third kappa shape index (κ3) is 4.27. The summed E-state index contributed by atoms with van der Waals surface area (Å²) in [6, 6.07) is 5.38. The maximum absolute atomic E-state index is 13.5.